The fraction of sp³-hybridized carbons (Fsp3) is 0.393. The first-order chi connectivity index (χ1) is 17.4. The number of halogens is 2. The SMILES string of the molecule is Br.CCOc1cc2c(c(F)c1OCC)C(=N)N(CC(=O)c1ccc3oc(C)c(C(=O)O)c3c1C(C)(C)C)C2. The van der Waals surface area contributed by atoms with Crippen LogP contribution < -0.4 is 9.47 Å². The van der Waals surface area contributed by atoms with E-state index >= 15 is 4.39 Å². The van der Waals surface area contributed by atoms with E-state index in [-0.39, 0.29) is 76.7 Å². The predicted octanol–water partition coefficient (Wildman–Crippen LogP) is 6.28. The first-order valence-corrected chi connectivity index (χ1v) is 12.2. The van der Waals surface area contributed by atoms with Crippen molar-refractivity contribution in [3.8, 4) is 11.5 Å². The van der Waals surface area contributed by atoms with Crippen LogP contribution >= 0.6 is 17.0 Å². The number of benzene rings is 2. The van der Waals surface area contributed by atoms with E-state index in [1.54, 1.807) is 39.0 Å². The van der Waals surface area contributed by atoms with Crippen molar-refractivity contribution in [2.24, 2.45) is 0 Å². The van der Waals surface area contributed by atoms with Crippen molar-refractivity contribution < 1.29 is 33.0 Å². The third-order valence-electron chi connectivity index (χ3n) is 6.40. The summed E-state index contributed by atoms with van der Waals surface area (Å²) in [7, 11) is 0. The van der Waals surface area contributed by atoms with Gasteiger partial charge in [0.2, 0.25) is 0 Å². The van der Waals surface area contributed by atoms with Crippen LogP contribution in [-0.2, 0) is 12.0 Å². The van der Waals surface area contributed by atoms with Crippen LogP contribution in [0.25, 0.3) is 11.0 Å². The Labute approximate surface area is 231 Å². The molecule has 2 N–H and O–H groups in total. The molecule has 3 aromatic rings. The number of nitrogens with zero attached hydrogens (tertiary/aromatic N) is 1. The third-order valence-corrected chi connectivity index (χ3v) is 6.40. The van der Waals surface area contributed by atoms with Gasteiger partial charge in [-0.3, -0.25) is 10.2 Å². The predicted molar refractivity (Wildman–Crippen MR) is 147 cm³/mol. The van der Waals surface area contributed by atoms with Crippen LogP contribution in [0.15, 0.2) is 22.6 Å². The number of ether oxygens (including phenoxy) is 2. The number of rotatable bonds is 8. The van der Waals surface area contributed by atoms with E-state index in [4.69, 9.17) is 19.3 Å². The van der Waals surface area contributed by atoms with Gasteiger partial charge in [0.25, 0.3) is 0 Å². The molecule has 2 aromatic carbocycles. The summed E-state index contributed by atoms with van der Waals surface area (Å²) in [6, 6.07) is 4.89. The lowest BCUT2D eigenvalue weighted by atomic mass is 9.79. The van der Waals surface area contributed by atoms with Gasteiger partial charge in [0, 0.05) is 17.5 Å². The molecule has 38 heavy (non-hydrogen) atoms. The number of carbonyl (C=O) groups is 2. The highest BCUT2D eigenvalue weighted by atomic mass is 79.9. The molecule has 0 saturated carbocycles. The Hall–Kier alpha value is -3.40. The fourth-order valence-corrected chi connectivity index (χ4v) is 4.99. The van der Waals surface area contributed by atoms with E-state index in [1.807, 2.05) is 20.8 Å². The number of carboxylic acid groups (broad SMARTS) is 1. The summed E-state index contributed by atoms with van der Waals surface area (Å²) >= 11 is 0. The van der Waals surface area contributed by atoms with Crippen molar-refractivity contribution in [3.63, 3.8) is 0 Å². The molecule has 1 aromatic heterocycles. The molecule has 0 atom stereocenters. The standard InChI is InChI=1S/C28H31FN2O6.BrH/c1-7-35-19-11-15-12-31(26(30)21(15)24(29)25(19)36-8-2)13-17(32)16-9-10-18-22(23(16)28(4,5)6)20(27(33)34)14(3)37-18;/h9-11,30H,7-8,12-13H2,1-6H3,(H,33,34);1H. The van der Waals surface area contributed by atoms with Gasteiger partial charge in [-0.25, -0.2) is 9.18 Å². The van der Waals surface area contributed by atoms with E-state index in [1.165, 1.54) is 4.90 Å². The van der Waals surface area contributed by atoms with Gasteiger partial charge < -0.3 is 23.9 Å². The first-order valence-electron chi connectivity index (χ1n) is 12.2. The second-order valence-electron chi connectivity index (χ2n) is 10.00. The van der Waals surface area contributed by atoms with Gasteiger partial charge >= 0.3 is 5.97 Å². The maximum absolute atomic E-state index is 15.4. The number of ketones is 1. The van der Waals surface area contributed by atoms with Crippen molar-refractivity contribution in [1.82, 2.24) is 4.90 Å². The van der Waals surface area contributed by atoms with E-state index in [9.17, 15) is 14.7 Å². The Morgan fingerprint density at radius 3 is 2.42 bits per heavy atom. The van der Waals surface area contributed by atoms with Crippen LogP contribution in [0.3, 0.4) is 0 Å². The van der Waals surface area contributed by atoms with E-state index in [0.29, 0.717) is 34.3 Å². The highest BCUT2D eigenvalue weighted by Crippen LogP contribution is 2.40. The highest BCUT2D eigenvalue weighted by molar-refractivity contribution is 8.93. The van der Waals surface area contributed by atoms with Crippen LogP contribution in [0.5, 0.6) is 11.5 Å². The van der Waals surface area contributed by atoms with Gasteiger partial charge in [0.05, 0.1) is 25.3 Å². The van der Waals surface area contributed by atoms with E-state index < -0.39 is 17.2 Å². The van der Waals surface area contributed by atoms with Gasteiger partial charge in [-0.1, -0.05) is 20.8 Å². The first kappa shape index (κ1) is 29.2. The number of nitrogens with one attached hydrogen (secondary N) is 1. The van der Waals surface area contributed by atoms with Crippen LogP contribution in [0.4, 0.5) is 4.39 Å². The average Bonchev–Trinajstić information content (AvgIpc) is 3.30. The summed E-state index contributed by atoms with van der Waals surface area (Å²) in [6.45, 7) is 11.3. The molecule has 0 saturated heterocycles. The molecule has 0 aliphatic carbocycles. The molecule has 2 heterocycles. The molecular weight excluding hydrogens is 559 g/mol. The summed E-state index contributed by atoms with van der Waals surface area (Å²) < 4.78 is 32.2. The normalized spacial score (nSPS) is 12.9. The Morgan fingerprint density at radius 1 is 1.18 bits per heavy atom. The molecule has 10 heteroatoms. The molecular formula is C28H32BrFN2O6. The number of aryl methyl sites for hydroxylation is 1. The Bertz CT molecular complexity index is 1440. The minimum Gasteiger partial charge on any atom is -0.490 e. The summed E-state index contributed by atoms with van der Waals surface area (Å²) in [5.74, 6) is -1.76. The summed E-state index contributed by atoms with van der Waals surface area (Å²) in [6.07, 6.45) is 0. The third kappa shape index (κ3) is 4.89. The van der Waals surface area contributed by atoms with Crippen molar-refractivity contribution in [2.45, 2.75) is 53.5 Å². The molecule has 0 bridgehead atoms. The number of hydrogen-bond donors (Lipinski definition) is 2. The van der Waals surface area contributed by atoms with Crippen LogP contribution in [0.2, 0.25) is 0 Å². The van der Waals surface area contributed by atoms with Crippen molar-refractivity contribution in [3.05, 3.63) is 57.6 Å². The van der Waals surface area contributed by atoms with E-state index in [2.05, 4.69) is 0 Å². The van der Waals surface area contributed by atoms with Crippen molar-refractivity contribution in [2.75, 3.05) is 19.8 Å². The maximum atomic E-state index is 15.4. The molecule has 1 aliphatic rings. The number of carbonyl (C=O) groups excluding carboxylic acids is 1. The Kier molecular flexibility index (Phi) is 8.26. The van der Waals surface area contributed by atoms with Crippen molar-refractivity contribution >= 4 is 45.5 Å². The molecule has 8 nitrogen and oxygen atoms in total. The van der Waals surface area contributed by atoms with Gasteiger partial charge in [0.1, 0.15) is 22.7 Å². The molecule has 0 fully saturated rings. The molecule has 0 amide bonds. The number of carboxylic acids is 1. The monoisotopic (exact) mass is 590 g/mol. The average molecular weight is 591 g/mol. The maximum Gasteiger partial charge on any atom is 0.339 e. The minimum absolute atomic E-state index is 0. The molecule has 4 rings (SSSR count). The van der Waals surface area contributed by atoms with Crippen LogP contribution in [0, 0.1) is 18.2 Å². The number of aromatic carboxylic acids is 1. The molecule has 0 spiro atoms. The van der Waals surface area contributed by atoms with Crippen LogP contribution in [0.1, 0.15) is 77.8 Å². The second-order valence-corrected chi connectivity index (χ2v) is 10.00. The number of furan rings is 1. The zero-order chi connectivity index (χ0) is 27.2. The lowest BCUT2D eigenvalue weighted by molar-refractivity contribution is 0.0696. The largest absolute Gasteiger partial charge is 0.490 e. The zero-order valence-corrected chi connectivity index (χ0v) is 24.0. The Balaban J connectivity index is 0.00000400. The fourth-order valence-electron chi connectivity index (χ4n) is 4.99. The smallest absolute Gasteiger partial charge is 0.339 e. The van der Waals surface area contributed by atoms with Gasteiger partial charge in [-0.15, -0.1) is 17.0 Å². The Morgan fingerprint density at radius 2 is 1.84 bits per heavy atom. The number of hydrogen-bond acceptors (Lipinski definition) is 6. The number of Topliss-reactive ketones (excluding diaryl/α,β-unsaturated/α-hetero) is 1. The van der Waals surface area contributed by atoms with Gasteiger partial charge in [-0.2, -0.15) is 0 Å². The zero-order valence-electron chi connectivity index (χ0n) is 22.3. The molecule has 0 unspecified atom stereocenters. The highest BCUT2D eigenvalue weighted by Gasteiger charge is 2.35. The second kappa shape index (κ2) is 10.8. The quantitative estimate of drug-likeness (QED) is 0.297. The number of amidine groups is 1. The molecule has 0 radical (unpaired) electrons. The summed E-state index contributed by atoms with van der Waals surface area (Å²) in [5.41, 5.74) is 1.37. The summed E-state index contributed by atoms with van der Waals surface area (Å²) in [4.78, 5) is 27.2. The topological polar surface area (TPSA) is 113 Å². The van der Waals surface area contributed by atoms with Crippen LogP contribution in [-0.4, -0.2) is 47.4 Å². The van der Waals surface area contributed by atoms with Crippen molar-refractivity contribution in [1.29, 1.82) is 5.41 Å². The van der Waals surface area contributed by atoms with Gasteiger partial charge in [-0.05, 0) is 55.5 Å². The van der Waals surface area contributed by atoms with E-state index in [0.717, 1.165) is 0 Å². The summed E-state index contributed by atoms with van der Waals surface area (Å²) in [5, 5.41) is 18.9. The lowest BCUT2D eigenvalue weighted by Crippen LogP contribution is -2.32. The van der Waals surface area contributed by atoms with Gasteiger partial charge in [0.15, 0.2) is 23.1 Å². The minimum atomic E-state index is -1.13. The number of fused-ring (bicyclic) bond motifs is 2. The molecule has 204 valence electrons. The lowest BCUT2D eigenvalue weighted by Gasteiger charge is -2.25. The molecule has 1 aliphatic heterocycles.